The first-order chi connectivity index (χ1) is 8.98. The van der Waals surface area contributed by atoms with Crippen LogP contribution >= 0.6 is 21.9 Å². The van der Waals surface area contributed by atoms with Crippen molar-refractivity contribution >= 4 is 21.9 Å². The first-order valence-electron chi connectivity index (χ1n) is 8.20. The van der Waals surface area contributed by atoms with Gasteiger partial charge in [0.1, 0.15) is 0 Å². The van der Waals surface area contributed by atoms with Crippen molar-refractivity contribution in [1.82, 2.24) is 5.32 Å². The van der Waals surface area contributed by atoms with Crippen LogP contribution in [0.3, 0.4) is 0 Å². The Hall–Kier alpha value is 0.740. The fraction of sp³-hybridized carbons (Fsp3) is 1.00. The lowest BCUT2D eigenvalue weighted by molar-refractivity contribution is 0.272. The summed E-state index contributed by atoms with van der Waals surface area (Å²) >= 11 is 5.33. The zero-order valence-corrected chi connectivity index (χ0v) is 14.4. The fourth-order valence-corrected chi connectivity index (χ4v) is 6.41. The predicted molar refractivity (Wildman–Crippen MR) is 90.2 cm³/mol. The number of hydrogen-bond acceptors (Lipinski definition) is 2. The molecule has 1 nitrogen and oxygen atoms in total. The summed E-state index contributed by atoms with van der Waals surface area (Å²) in [7, 11) is 3.17. The van der Waals surface area contributed by atoms with Gasteiger partial charge in [0.25, 0.3) is 0 Å². The summed E-state index contributed by atoms with van der Waals surface area (Å²) in [5.74, 6) is 0.925. The standard InChI is InChI=1S/C16H30NPS/c1-14(18)7-5-3-2-4-6-8-16(19,11-14)15-9-13(15)10-17-12-15/h13,17,19H,2-12,18H2,1H3/t13-,14?,15?,16+/m1/s1. The minimum Gasteiger partial charge on any atom is -0.316 e. The molecule has 3 fully saturated rings. The van der Waals surface area contributed by atoms with Crippen molar-refractivity contribution in [3.05, 3.63) is 0 Å². The molecule has 1 aliphatic heterocycles. The second kappa shape index (κ2) is 5.18. The molecule has 1 N–H and O–H groups in total. The summed E-state index contributed by atoms with van der Waals surface area (Å²) < 4.78 is 0.273. The quantitative estimate of drug-likeness (QED) is 0.550. The van der Waals surface area contributed by atoms with Crippen LogP contribution in [0.25, 0.3) is 0 Å². The average Bonchev–Trinajstić information content (AvgIpc) is 2.91. The summed E-state index contributed by atoms with van der Waals surface area (Å²) in [5.41, 5.74) is 0.535. The molecule has 3 rings (SSSR count). The zero-order chi connectivity index (χ0) is 13.6. The van der Waals surface area contributed by atoms with E-state index in [2.05, 4.69) is 21.5 Å². The smallest absolute Gasteiger partial charge is 0.0209 e. The molecule has 0 aromatic carbocycles. The number of rotatable bonds is 1. The molecule has 19 heavy (non-hydrogen) atoms. The summed E-state index contributed by atoms with van der Waals surface area (Å²) in [6.45, 7) is 4.92. The van der Waals surface area contributed by atoms with Crippen LogP contribution in [0.4, 0.5) is 0 Å². The van der Waals surface area contributed by atoms with E-state index in [1.165, 1.54) is 70.9 Å². The number of fused-ring (bicyclic) bond motifs is 1. The molecule has 1 heterocycles. The Balaban J connectivity index is 1.79. The molecule has 0 bridgehead atoms. The minimum absolute atomic E-state index is 0.273. The third-order valence-corrected chi connectivity index (χ3v) is 7.34. The summed E-state index contributed by atoms with van der Waals surface area (Å²) in [4.78, 5) is 0. The molecule has 0 aromatic rings. The molecule has 0 radical (unpaired) electrons. The minimum atomic E-state index is 0.273. The molecule has 3 aliphatic rings. The van der Waals surface area contributed by atoms with E-state index in [9.17, 15) is 0 Å². The van der Waals surface area contributed by atoms with Crippen molar-refractivity contribution in [3.63, 3.8) is 0 Å². The Labute approximate surface area is 126 Å². The van der Waals surface area contributed by atoms with Gasteiger partial charge < -0.3 is 5.32 Å². The molecule has 1 saturated heterocycles. The Kier molecular flexibility index (Phi) is 4.00. The Morgan fingerprint density at radius 3 is 2.42 bits per heavy atom. The van der Waals surface area contributed by atoms with Gasteiger partial charge in [-0.05, 0) is 43.3 Å². The highest BCUT2D eigenvalue weighted by molar-refractivity contribution is 7.81. The van der Waals surface area contributed by atoms with Gasteiger partial charge in [-0.25, -0.2) is 0 Å². The largest absolute Gasteiger partial charge is 0.316 e. The van der Waals surface area contributed by atoms with Crippen LogP contribution in [-0.4, -0.2) is 23.0 Å². The number of hydrogen-bond donors (Lipinski definition) is 2. The monoisotopic (exact) mass is 299 g/mol. The highest BCUT2D eigenvalue weighted by Gasteiger charge is 2.67. The molecule has 5 atom stereocenters. The average molecular weight is 299 g/mol. The van der Waals surface area contributed by atoms with Gasteiger partial charge in [0, 0.05) is 16.7 Å². The maximum Gasteiger partial charge on any atom is 0.0209 e. The number of nitrogens with one attached hydrogen (secondary N) is 1. The van der Waals surface area contributed by atoms with E-state index in [4.69, 9.17) is 12.6 Å². The van der Waals surface area contributed by atoms with E-state index in [0.717, 1.165) is 5.92 Å². The van der Waals surface area contributed by atoms with E-state index in [-0.39, 0.29) is 4.75 Å². The molecule has 0 aromatic heterocycles. The fourth-order valence-electron chi connectivity index (χ4n) is 4.82. The molecule has 2 aliphatic carbocycles. The van der Waals surface area contributed by atoms with Crippen LogP contribution in [-0.2, 0) is 0 Å². The number of piperidine rings is 1. The van der Waals surface area contributed by atoms with Crippen LogP contribution in [0.15, 0.2) is 0 Å². The van der Waals surface area contributed by atoms with E-state index < -0.39 is 0 Å². The van der Waals surface area contributed by atoms with Crippen molar-refractivity contribution in [3.8, 4) is 0 Å². The highest BCUT2D eigenvalue weighted by atomic mass is 32.1. The first-order valence-corrected chi connectivity index (χ1v) is 9.22. The molecule has 0 amide bonds. The van der Waals surface area contributed by atoms with E-state index in [1.807, 2.05) is 0 Å². The van der Waals surface area contributed by atoms with Crippen molar-refractivity contribution in [2.75, 3.05) is 13.1 Å². The van der Waals surface area contributed by atoms with Crippen molar-refractivity contribution < 1.29 is 0 Å². The highest BCUT2D eigenvalue weighted by Crippen LogP contribution is 2.67. The van der Waals surface area contributed by atoms with Gasteiger partial charge in [-0.1, -0.05) is 39.0 Å². The Morgan fingerprint density at radius 2 is 1.79 bits per heavy atom. The molecule has 110 valence electrons. The van der Waals surface area contributed by atoms with E-state index >= 15 is 0 Å². The zero-order valence-electron chi connectivity index (χ0n) is 12.4. The van der Waals surface area contributed by atoms with Crippen LogP contribution < -0.4 is 5.32 Å². The van der Waals surface area contributed by atoms with Crippen molar-refractivity contribution in [2.24, 2.45) is 11.3 Å². The summed E-state index contributed by atoms with van der Waals surface area (Å²) in [5, 5.41) is 4.01. The van der Waals surface area contributed by atoms with Crippen molar-refractivity contribution in [1.29, 1.82) is 0 Å². The lowest BCUT2D eigenvalue weighted by Crippen LogP contribution is -2.43. The van der Waals surface area contributed by atoms with Gasteiger partial charge in [-0.3, -0.25) is 0 Å². The predicted octanol–water partition coefficient (Wildman–Crippen LogP) is 4.03. The number of thiol groups is 1. The van der Waals surface area contributed by atoms with Gasteiger partial charge >= 0.3 is 0 Å². The van der Waals surface area contributed by atoms with E-state index in [0.29, 0.717) is 10.6 Å². The third kappa shape index (κ3) is 2.74. The summed E-state index contributed by atoms with van der Waals surface area (Å²) in [6, 6.07) is 0. The Bertz CT molecular complexity index is 346. The Morgan fingerprint density at radius 1 is 1.11 bits per heavy atom. The third-order valence-electron chi connectivity index (χ3n) is 6.02. The van der Waals surface area contributed by atoms with Crippen LogP contribution in [0.5, 0.6) is 0 Å². The van der Waals surface area contributed by atoms with E-state index in [1.54, 1.807) is 0 Å². The lowest BCUT2D eigenvalue weighted by atomic mass is 9.75. The topological polar surface area (TPSA) is 12.0 Å². The molecular formula is C16H30NPS. The van der Waals surface area contributed by atoms with Crippen LogP contribution in [0.2, 0.25) is 0 Å². The van der Waals surface area contributed by atoms with Gasteiger partial charge in [-0.2, -0.15) is 12.6 Å². The maximum absolute atomic E-state index is 5.33. The van der Waals surface area contributed by atoms with Crippen LogP contribution in [0.1, 0.15) is 64.7 Å². The normalized spacial score (nSPS) is 51.6. The van der Waals surface area contributed by atoms with Crippen molar-refractivity contribution in [2.45, 2.75) is 74.6 Å². The van der Waals surface area contributed by atoms with Crippen LogP contribution in [0, 0.1) is 11.3 Å². The second-order valence-corrected chi connectivity index (χ2v) is 10.1. The molecule has 0 spiro atoms. The van der Waals surface area contributed by atoms with Gasteiger partial charge in [0.15, 0.2) is 0 Å². The maximum atomic E-state index is 5.33. The molecule has 2 saturated carbocycles. The molecule has 3 heteroatoms. The van der Waals surface area contributed by atoms with Gasteiger partial charge in [0.2, 0.25) is 0 Å². The summed E-state index contributed by atoms with van der Waals surface area (Å²) in [6.07, 6.45) is 12.5. The van der Waals surface area contributed by atoms with Gasteiger partial charge in [-0.15, -0.1) is 9.24 Å². The second-order valence-electron chi connectivity index (χ2n) is 7.82. The molecular weight excluding hydrogens is 269 g/mol. The van der Waals surface area contributed by atoms with Gasteiger partial charge in [0.05, 0.1) is 0 Å². The SMILES string of the molecule is CC1(P)CCCCCCC[C@@](S)(C23CNC[C@H]2C3)C1. The lowest BCUT2D eigenvalue weighted by Gasteiger charge is -2.43. The molecule has 3 unspecified atom stereocenters. The first kappa shape index (κ1) is 14.7.